The van der Waals surface area contributed by atoms with Gasteiger partial charge in [-0.15, -0.1) is 0 Å². The molecule has 0 aliphatic rings. The summed E-state index contributed by atoms with van der Waals surface area (Å²) in [7, 11) is 0. The van der Waals surface area contributed by atoms with E-state index >= 15 is 0 Å². The molecule has 0 radical (unpaired) electrons. The van der Waals surface area contributed by atoms with Gasteiger partial charge in [-0.1, -0.05) is 0 Å². The Labute approximate surface area is 78.6 Å². The van der Waals surface area contributed by atoms with E-state index in [-0.39, 0.29) is 12.6 Å². The lowest BCUT2D eigenvalue weighted by Gasteiger charge is -2.23. The number of nitrogens with zero attached hydrogens (tertiary/aromatic N) is 1. The van der Waals surface area contributed by atoms with Gasteiger partial charge in [0.2, 0.25) is 0 Å². The quantitative estimate of drug-likeness (QED) is 0.735. The van der Waals surface area contributed by atoms with Crippen molar-refractivity contribution in [2.75, 3.05) is 6.61 Å². The van der Waals surface area contributed by atoms with Crippen molar-refractivity contribution in [3.05, 3.63) is 23.5 Å². The second-order valence-electron chi connectivity index (χ2n) is 3.48. The molecule has 1 aromatic heterocycles. The Hall–Kier alpha value is -0.800. The average molecular weight is 183 g/mol. The molecule has 0 saturated carbocycles. The van der Waals surface area contributed by atoms with Crippen LogP contribution in [0.3, 0.4) is 0 Å². The summed E-state index contributed by atoms with van der Waals surface area (Å²) in [6, 6.07) is 3.75. The summed E-state index contributed by atoms with van der Waals surface area (Å²) in [5, 5.41) is 18.6. The molecule has 2 N–H and O–H groups in total. The Balaban J connectivity index is 3.03. The summed E-state index contributed by atoms with van der Waals surface area (Å²) < 4.78 is 1.96. The first-order chi connectivity index (χ1) is 6.07. The molecule has 0 aliphatic carbocycles. The van der Waals surface area contributed by atoms with Crippen LogP contribution in [0.15, 0.2) is 12.1 Å². The number of aromatic nitrogens is 1. The minimum absolute atomic E-state index is 0.0337. The second kappa shape index (κ2) is 3.94. The summed E-state index contributed by atoms with van der Waals surface area (Å²) >= 11 is 0. The van der Waals surface area contributed by atoms with Crippen LogP contribution in [0.2, 0.25) is 0 Å². The van der Waals surface area contributed by atoms with Crippen molar-refractivity contribution in [2.24, 2.45) is 0 Å². The minimum atomic E-state index is -0.533. The molecule has 0 bridgehead atoms. The molecule has 0 fully saturated rings. The van der Waals surface area contributed by atoms with Crippen LogP contribution in [0, 0.1) is 13.8 Å². The summed E-state index contributed by atoms with van der Waals surface area (Å²) in [6.45, 7) is 5.60. The summed E-state index contributed by atoms with van der Waals surface area (Å²) in [6.07, 6.45) is -0.533. The number of aliphatic hydroxyl groups excluding tert-OH is 2. The standard InChI is InChI=1S/C10H17NO2/c1-7-4-5-8(2)11(7)10(6-12)9(3)13/h4-5,9-10,12-13H,6H2,1-3H3/t9-,10+/m0/s1. The van der Waals surface area contributed by atoms with Gasteiger partial charge in [0.1, 0.15) is 0 Å². The van der Waals surface area contributed by atoms with Gasteiger partial charge < -0.3 is 14.8 Å². The van der Waals surface area contributed by atoms with Gasteiger partial charge in [0.15, 0.2) is 0 Å². The van der Waals surface area contributed by atoms with Crippen molar-refractivity contribution in [2.45, 2.75) is 32.9 Å². The third-order valence-electron chi connectivity index (χ3n) is 2.40. The average Bonchev–Trinajstić information content (AvgIpc) is 2.36. The Morgan fingerprint density at radius 2 is 1.77 bits per heavy atom. The van der Waals surface area contributed by atoms with Gasteiger partial charge in [0.05, 0.1) is 18.8 Å². The summed E-state index contributed by atoms with van der Waals surface area (Å²) in [4.78, 5) is 0. The van der Waals surface area contributed by atoms with Crippen molar-refractivity contribution in [1.29, 1.82) is 0 Å². The van der Waals surface area contributed by atoms with Gasteiger partial charge in [-0.2, -0.15) is 0 Å². The Morgan fingerprint density at radius 3 is 2.08 bits per heavy atom. The fourth-order valence-corrected chi connectivity index (χ4v) is 1.65. The number of hydrogen-bond acceptors (Lipinski definition) is 2. The van der Waals surface area contributed by atoms with E-state index in [4.69, 9.17) is 5.11 Å². The minimum Gasteiger partial charge on any atom is -0.394 e. The van der Waals surface area contributed by atoms with Crippen LogP contribution in [0.25, 0.3) is 0 Å². The molecule has 0 amide bonds. The van der Waals surface area contributed by atoms with E-state index in [0.717, 1.165) is 11.4 Å². The molecule has 3 nitrogen and oxygen atoms in total. The smallest absolute Gasteiger partial charge is 0.0822 e. The fourth-order valence-electron chi connectivity index (χ4n) is 1.65. The maximum atomic E-state index is 9.45. The van der Waals surface area contributed by atoms with Crippen LogP contribution < -0.4 is 0 Å². The lowest BCUT2D eigenvalue weighted by molar-refractivity contribution is 0.0848. The molecule has 0 saturated heterocycles. The molecule has 3 heteroatoms. The Kier molecular flexibility index (Phi) is 3.12. The number of hydrogen-bond donors (Lipinski definition) is 2. The van der Waals surface area contributed by atoms with Gasteiger partial charge in [-0.25, -0.2) is 0 Å². The lowest BCUT2D eigenvalue weighted by Crippen LogP contribution is -2.26. The molecule has 0 unspecified atom stereocenters. The number of aliphatic hydroxyl groups is 2. The van der Waals surface area contributed by atoms with E-state index in [1.165, 1.54) is 0 Å². The Morgan fingerprint density at radius 1 is 1.31 bits per heavy atom. The van der Waals surface area contributed by atoms with Crippen LogP contribution in [0.4, 0.5) is 0 Å². The van der Waals surface area contributed by atoms with Gasteiger partial charge in [0.25, 0.3) is 0 Å². The maximum Gasteiger partial charge on any atom is 0.0822 e. The summed E-state index contributed by atoms with van der Waals surface area (Å²) in [5.41, 5.74) is 2.13. The molecule has 2 atom stereocenters. The fraction of sp³-hybridized carbons (Fsp3) is 0.600. The summed E-state index contributed by atoms with van der Waals surface area (Å²) in [5.74, 6) is 0. The van der Waals surface area contributed by atoms with Gasteiger partial charge >= 0.3 is 0 Å². The van der Waals surface area contributed by atoms with Gasteiger partial charge in [0, 0.05) is 11.4 Å². The van der Waals surface area contributed by atoms with E-state index in [1.54, 1.807) is 6.92 Å². The number of aryl methyl sites for hydroxylation is 2. The monoisotopic (exact) mass is 183 g/mol. The van der Waals surface area contributed by atoms with Crippen LogP contribution in [-0.2, 0) is 0 Å². The highest BCUT2D eigenvalue weighted by atomic mass is 16.3. The highest BCUT2D eigenvalue weighted by molar-refractivity contribution is 5.15. The molecule has 0 spiro atoms. The van der Waals surface area contributed by atoms with Crippen molar-refractivity contribution in [3.8, 4) is 0 Å². The zero-order chi connectivity index (χ0) is 10.0. The maximum absolute atomic E-state index is 9.45. The van der Waals surface area contributed by atoms with Crippen LogP contribution in [-0.4, -0.2) is 27.5 Å². The van der Waals surface area contributed by atoms with Crippen LogP contribution in [0.1, 0.15) is 24.4 Å². The first kappa shape index (κ1) is 10.3. The highest BCUT2D eigenvalue weighted by Gasteiger charge is 2.18. The lowest BCUT2D eigenvalue weighted by atomic mass is 10.2. The van der Waals surface area contributed by atoms with Gasteiger partial charge in [-0.05, 0) is 32.9 Å². The van der Waals surface area contributed by atoms with E-state index in [2.05, 4.69) is 0 Å². The van der Waals surface area contributed by atoms with Crippen molar-refractivity contribution in [1.82, 2.24) is 4.57 Å². The molecule has 1 aromatic rings. The molecule has 0 aliphatic heterocycles. The van der Waals surface area contributed by atoms with Crippen molar-refractivity contribution < 1.29 is 10.2 Å². The third-order valence-corrected chi connectivity index (χ3v) is 2.40. The topological polar surface area (TPSA) is 45.4 Å². The first-order valence-corrected chi connectivity index (χ1v) is 4.51. The molecular weight excluding hydrogens is 166 g/mol. The molecule has 1 rings (SSSR count). The van der Waals surface area contributed by atoms with E-state index in [1.807, 2.05) is 30.5 Å². The van der Waals surface area contributed by atoms with Crippen LogP contribution >= 0.6 is 0 Å². The normalized spacial score (nSPS) is 15.8. The molecule has 74 valence electrons. The third kappa shape index (κ3) is 1.92. The van der Waals surface area contributed by atoms with Crippen molar-refractivity contribution in [3.63, 3.8) is 0 Å². The SMILES string of the molecule is Cc1ccc(C)n1[C@H](CO)[C@H](C)O. The predicted octanol–water partition coefficient (Wildman–Crippen LogP) is 1.02. The van der Waals surface area contributed by atoms with Crippen molar-refractivity contribution >= 4 is 0 Å². The first-order valence-electron chi connectivity index (χ1n) is 4.51. The zero-order valence-corrected chi connectivity index (χ0v) is 8.36. The zero-order valence-electron chi connectivity index (χ0n) is 8.36. The largest absolute Gasteiger partial charge is 0.394 e. The molecule has 1 heterocycles. The van der Waals surface area contributed by atoms with E-state index < -0.39 is 6.10 Å². The molecule has 13 heavy (non-hydrogen) atoms. The van der Waals surface area contributed by atoms with E-state index in [0.29, 0.717) is 0 Å². The molecule has 0 aromatic carbocycles. The van der Waals surface area contributed by atoms with E-state index in [9.17, 15) is 5.11 Å². The highest BCUT2D eigenvalue weighted by Crippen LogP contribution is 2.18. The second-order valence-corrected chi connectivity index (χ2v) is 3.48. The Bertz CT molecular complexity index is 259. The molecular formula is C10H17NO2. The predicted molar refractivity (Wildman–Crippen MR) is 51.7 cm³/mol. The number of rotatable bonds is 3. The van der Waals surface area contributed by atoms with Gasteiger partial charge in [-0.3, -0.25) is 0 Å². The van der Waals surface area contributed by atoms with Crippen LogP contribution in [0.5, 0.6) is 0 Å².